The number of aliphatic hydroxyl groups is 2. The summed E-state index contributed by atoms with van der Waals surface area (Å²) in [7, 11) is 0. The lowest BCUT2D eigenvalue weighted by atomic mass is 9.44. The van der Waals surface area contributed by atoms with E-state index in [1.807, 2.05) is 42.5 Å². The number of aliphatic carboxylic acids is 1. The number of anilines is 1. The summed E-state index contributed by atoms with van der Waals surface area (Å²) < 4.78 is 68.8. The van der Waals surface area contributed by atoms with Crippen molar-refractivity contribution in [2.75, 3.05) is 77.9 Å². The maximum Gasteiger partial charge on any atom is 0.304 e. The topological polar surface area (TPSA) is 255 Å². The number of hydrogen-bond acceptors (Lipinski definition) is 15. The van der Waals surface area contributed by atoms with Crippen molar-refractivity contribution >= 4 is 53.6 Å². The Labute approximate surface area is 433 Å². The van der Waals surface area contributed by atoms with Crippen molar-refractivity contribution in [2.45, 2.75) is 100.0 Å². The number of halogens is 2. The molecule has 0 bridgehead atoms. The van der Waals surface area contributed by atoms with E-state index in [0.29, 0.717) is 57.3 Å². The van der Waals surface area contributed by atoms with E-state index < -0.39 is 100 Å². The van der Waals surface area contributed by atoms with Crippen molar-refractivity contribution in [1.29, 1.82) is 0 Å². The first kappa shape index (κ1) is 56.8. The number of benzene rings is 2. The van der Waals surface area contributed by atoms with Crippen LogP contribution in [-0.4, -0.2) is 158 Å². The van der Waals surface area contributed by atoms with Crippen LogP contribution in [0.25, 0.3) is 0 Å². The lowest BCUT2D eigenvalue weighted by Crippen LogP contribution is -2.70. The van der Waals surface area contributed by atoms with Gasteiger partial charge in [0.25, 0.3) is 0 Å². The van der Waals surface area contributed by atoms with E-state index in [1.54, 1.807) is 13.0 Å². The van der Waals surface area contributed by atoms with E-state index in [9.17, 15) is 39.0 Å². The molecule has 2 aromatic rings. The molecule has 5 aliphatic rings. The van der Waals surface area contributed by atoms with Gasteiger partial charge in [-0.15, -0.1) is 0 Å². The number of carboxylic acids is 1. The Bertz CT molecular complexity index is 2430. The number of carbonyl (C=O) groups is 6. The summed E-state index contributed by atoms with van der Waals surface area (Å²) in [6.07, 6.45) is -1.58. The van der Waals surface area contributed by atoms with Gasteiger partial charge < -0.3 is 59.7 Å². The first-order chi connectivity index (χ1) is 35.4. The highest BCUT2D eigenvalue weighted by Crippen LogP contribution is 2.72. The fourth-order valence-electron chi connectivity index (χ4n) is 11.7. The van der Waals surface area contributed by atoms with Gasteiger partial charge in [-0.3, -0.25) is 28.8 Å². The monoisotopic (exact) mass is 1060 g/mol. The molecule has 74 heavy (non-hydrogen) atoms. The van der Waals surface area contributed by atoms with Crippen LogP contribution in [0.2, 0.25) is 0 Å². The highest BCUT2D eigenvalue weighted by Gasteiger charge is 2.80. The van der Waals surface area contributed by atoms with E-state index in [1.165, 1.54) is 19.1 Å². The second-order valence-electron chi connectivity index (χ2n) is 19.9. The number of fused-ring (bicyclic) bond motifs is 7. The fourth-order valence-corrected chi connectivity index (χ4v) is 11.9. The smallest absolute Gasteiger partial charge is 0.304 e. The predicted molar refractivity (Wildman–Crippen MR) is 265 cm³/mol. The number of aliphatic hydroxyl groups excluding tert-OH is 2. The molecule has 4 aliphatic carbocycles. The lowest BCUT2D eigenvalue weighted by Gasteiger charge is -2.63. The molecule has 404 valence electrons. The van der Waals surface area contributed by atoms with Crippen molar-refractivity contribution in [3.05, 3.63) is 89.0 Å². The first-order valence-electron chi connectivity index (χ1n) is 25.0. The van der Waals surface area contributed by atoms with Crippen LogP contribution >= 0.6 is 12.6 Å². The molecule has 0 spiro atoms. The number of ketones is 2. The molecular weight excluding hydrogens is 989 g/mol. The van der Waals surface area contributed by atoms with Gasteiger partial charge in [-0.05, 0) is 79.5 Å². The number of nitrogens with one attached hydrogen (secondary N) is 3. The van der Waals surface area contributed by atoms with E-state index in [0.717, 1.165) is 17.2 Å². The quantitative estimate of drug-likeness (QED) is 0.0498. The van der Waals surface area contributed by atoms with Crippen LogP contribution in [0.15, 0.2) is 72.3 Å². The maximum absolute atomic E-state index is 17.8. The molecule has 11 atom stereocenters. The standard InChI is InChI=1S/C53H67F2N3O15S/c1-50-13-10-36(60)26-39(50)40(54)27-38-37-28-44-53(43(62)31-59,51(37,2)30-42(61)52(38,50)55)73-49(72-44)34-8-6-32(7-9-34)24-33-4-3-5-35(25-33)58-46(64)12-16-68-18-20-70-22-23-71-21-19-69-17-15-56-45(63)11-14-57-48(67)41(74)29-47(65)66/h3-10,13,25-26,37-38,40-42,44,49,59,61,74H,11-12,14-24,27-31H2,1-2H3,(H,56,63)(H,57,67)(H,58,64)(H,65,66)/t37?,38-,40-,41?,42-,44+,49+,50-,51-,52-,53+/m0/s1. The summed E-state index contributed by atoms with van der Waals surface area (Å²) in [6, 6.07) is 14.9. The number of Topliss-reactive ketones (excluding diaryl/α,β-unsaturated/α-hetero) is 1. The molecule has 1 aliphatic heterocycles. The molecule has 2 unspecified atom stereocenters. The van der Waals surface area contributed by atoms with E-state index >= 15 is 8.78 Å². The number of amides is 3. The molecule has 4 fully saturated rings. The molecule has 1 heterocycles. The van der Waals surface area contributed by atoms with Crippen LogP contribution in [-0.2, 0) is 63.6 Å². The Morgan fingerprint density at radius 3 is 2.20 bits per heavy atom. The predicted octanol–water partition coefficient (Wildman–Crippen LogP) is 3.71. The molecule has 0 aromatic heterocycles. The largest absolute Gasteiger partial charge is 0.481 e. The van der Waals surface area contributed by atoms with Gasteiger partial charge in [0.05, 0.1) is 83.2 Å². The minimum atomic E-state index is -2.34. The van der Waals surface area contributed by atoms with Gasteiger partial charge in [0.15, 0.2) is 29.1 Å². The molecule has 6 N–H and O–H groups in total. The Balaban J connectivity index is 0.776. The second kappa shape index (κ2) is 24.8. The highest BCUT2D eigenvalue weighted by atomic mass is 32.1. The van der Waals surface area contributed by atoms with Crippen molar-refractivity contribution < 1.29 is 81.3 Å². The average molecular weight is 1060 g/mol. The van der Waals surface area contributed by atoms with Crippen LogP contribution in [0.1, 0.15) is 75.4 Å². The van der Waals surface area contributed by atoms with Crippen LogP contribution < -0.4 is 16.0 Å². The summed E-state index contributed by atoms with van der Waals surface area (Å²) in [5, 5.41) is 37.9. The van der Waals surface area contributed by atoms with Crippen LogP contribution in [0.3, 0.4) is 0 Å². The SMILES string of the molecule is C[C@]12C=CC(=O)C=C1[C@@H](F)C[C@H]1C3C[C@H]4O[C@@H](c5ccc(Cc6cccc(NC(=O)CCOCCOCCOCCOCCNC(=O)CCNC(=O)C(S)CC(=O)O)c6)cc5)O[C@@]4(C(=O)CO)[C@@]3(C)C[C@H](O)[C@@]12F. The van der Waals surface area contributed by atoms with Gasteiger partial charge in [0.2, 0.25) is 17.7 Å². The molecule has 0 radical (unpaired) electrons. The summed E-state index contributed by atoms with van der Waals surface area (Å²) in [4.78, 5) is 73.1. The highest BCUT2D eigenvalue weighted by molar-refractivity contribution is 7.81. The number of alkyl halides is 2. The van der Waals surface area contributed by atoms with Gasteiger partial charge in [-0.2, -0.15) is 12.6 Å². The zero-order valence-corrected chi connectivity index (χ0v) is 42.5. The van der Waals surface area contributed by atoms with Gasteiger partial charge in [-0.25, -0.2) is 8.78 Å². The molecule has 3 amide bonds. The van der Waals surface area contributed by atoms with Gasteiger partial charge >= 0.3 is 5.97 Å². The first-order valence-corrected chi connectivity index (χ1v) is 25.5. The summed E-state index contributed by atoms with van der Waals surface area (Å²) in [5.74, 6) is -4.98. The van der Waals surface area contributed by atoms with Crippen molar-refractivity contribution in [1.82, 2.24) is 10.6 Å². The summed E-state index contributed by atoms with van der Waals surface area (Å²) >= 11 is 3.92. The van der Waals surface area contributed by atoms with Crippen LogP contribution in [0.4, 0.5) is 14.5 Å². The zero-order chi connectivity index (χ0) is 53.3. The minimum absolute atomic E-state index is 0.00790. The van der Waals surface area contributed by atoms with Crippen molar-refractivity contribution in [3.63, 3.8) is 0 Å². The van der Waals surface area contributed by atoms with Gasteiger partial charge in [0.1, 0.15) is 12.8 Å². The number of ether oxygens (including phenoxy) is 6. The van der Waals surface area contributed by atoms with E-state index in [-0.39, 0.29) is 75.8 Å². The fraction of sp³-hybridized carbons (Fsp3) is 0.585. The van der Waals surface area contributed by atoms with Crippen molar-refractivity contribution in [2.24, 2.45) is 22.7 Å². The van der Waals surface area contributed by atoms with Crippen LogP contribution in [0.5, 0.6) is 0 Å². The average Bonchev–Trinajstić information content (AvgIpc) is 3.86. The van der Waals surface area contributed by atoms with Crippen LogP contribution in [0, 0.1) is 22.7 Å². The maximum atomic E-state index is 17.8. The Kier molecular flexibility index (Phi) is 19.0. The minimum Gasteiger partial charge on any atom is -0.481 e. The Morgan fingerprint density at radius 2 is 1.53 bits per heavy atom. The summed E-state index contributed by atoms with van der Waals surface area (Å²) in [6.45, 7) is 5.12. The third-order valence-corrected chi connectivity index (χ3v) is 15.7. The zero-order valence-electron chi connectivity index (χ0n) is 41.6. The number of hydrogen-bond donors (Lipinski definition) is 7. The molecular formula is C53H67F2N3O15S. The third kappa shape index (κ3) is 12.2. The number of rotatable bonds is 27. The van der Waals surface area contributed by atoms with E-state index in [2.05, 4.69) is 28.6 Å². The molecule has 2 aromatic carbocycles. The molecule has 7 rings (SSSR count). The normalized spacial score (nSPS) is 30.0. The lowest BCUT2D eigenvalue weighted by molar-refractivity contribution is -0.235. The number of carbonyl (C=O) groups excluding carboxylic acids is 5. The van der Waals surface area contributed by atoms with Gasteiger partial charge in [0, 0.05) is 47.5 Å². The second-order valence-corrected chi connectivity index (χ2v) is 20.5. The molecule has 1 saturated heterocycles. The number of carboxylic acid groups (broad SMARTS) is 1. The molecule has 18 nitrogen and oxygen atoms in total. The Morgan fingerprint density at radius 1 is 0.851 bits per heavy atom. The van der Waals surface area contributed by atoms with Gasteiger partial charge in [-0.1, -0.05) is 49.4 Å². The summed E-state index contributed by atoms with van der Waals surface area (Å²) in [5.41, 5.74) is -3.79. The molecule has 3 saturated carbocycles. The van der Waals surface area contributed by atoms with E-state index in [4.69, 9.17) is 33.5 Å². The number of thiol groups is 1. The number of allylic oxidation sites excluding steroid dienone is 4. The molecule has 21 heteroatoms. The third-order valence-electron chi connectivity index (χ3n) is 15.3. The van der Waals surface area contributed by atoms with Crippen molar-refractivity contribution in [3.8, 4) is 0 Å². The Hall–Kier alpha value is -4.97.